The van der Waals surface area contributed by atoms with Crippen LogP contribution in [0.15, 0.2) is 23.0 Å². The highest BCUT2D eigenvalue weighted by atomic mass is 16.7. The zero-order chi connectivity index (χ0) is 18.3. The van der Waals surface area contributed by atoms with E-state index in [-0.39, 0.29) is 24.8 Å². The highest BCUT2D eigenvalue weighted by molar-refractivity contribution is 5.77. The Balaban J connectivity index is 1.46. The van der Waals surface area contributed by atoms with Gasteiger partial charge in [0.1, 0.15) is 12.1 Å². The van der Waals surface area contributed by atoms with Crippen molar-refractivity contribution < 1.29 is 14.3 Å². The molecule has 0 radical (unpaired) electrons. The first-order chi connectivity index (χ1) is 12.5. The van der Waals surface area contributed by atoms with Crippen LogP contribution >= 0.6 is 0 Å². The van der Waals surface area contributed by atoms with Crippen molar-refractivity contribution in [1.29, 1.82) is 0 Å². The molecule has 0 saturated carbocycles. The molecule has 1 amide bonds. The SMILES string of the molecule is Cc1c2nnn(CC(=O)NCc3ccc4c(c3)OCO4)c(=O)c2nn1C. The summed E-state index contributed by atoms with van der Waals surface area (Å²) in [4.78, 5) is 24.6. The van der Waals surface area contributed by atoms with Gasteiger partial charge in [0.25, 0.3) is 5.56 Å². The van der Waals surface area contributed by atoms with Gasteiger partial charge in [0.15, 0.2) is 17.0 Å². The van der Waals surface area contributed by atoms with Crippen LogP contribution in [0.1, 0.15) is 11.3 Å². The zero-order valence-electron chi connectivity index (χ0n) is 14.2. The Morgan fingerprint density at radius 1 is 1.27 bits per heavy atom. The number of hydrogen-bond donors (Lipinski definition) is 1. The fourth-order valence-corrected chi connectivity index (χ4v) is 2.67. The lowest BCUT2D eigenvalue weighted by atomic mass is 10.2. The number of benzene rings is 1. The summed E-state index contributed by atoms with van der Waals surface area (Å²) >= 11 is 0. The van der Waals surface area contributed by atoms with Crippen molar-refractivity contribution in [2.24, 2.45) is 7.05 Å². The summed E-state index contributed by atoms with van der Waals surface area (Å²) in [5.41, 5.74) is 1.79. The summed E-state index contributed by atoms with van der Waals surface area (Å²) in [7, 11) is 1.72. The normalized spacial score (nSPS) is 12.5. The van der Waals surface area contributed by atoms with Gasteiger partial charge in [-0.3, -0.25) is 14.3 Å². The smallest absolute Gasteiger partial charge is 0.298 e. The van der Waals surface area contributed by atoms with Crippen molar-refractivity contribution in [3.8, 4) is 11.5 Å². The Labute approximate surface area is 147 Å². The molecule has 3 heterocycles. The molecule has 26 heavy (non-hydrogen) atoms. The van der Waals surface area contributed by atoms with Gasteiger partial charge in [0.2, 0.25) is 12.7 Å². The summed E-state index contributed by atoms with van der Waals surface area (Å²) in [5, 5.41) is 14.7. The molecule has 10 nitrogen and oxygen atoms in total. The van der Waals surface area contributed by atoms with E-state index in [9.17, 15) is 9.59 Å². The van der Waals surface area contributed by atoms with Crippen molar-refractivity contribution in [3.05, 3.63) is 39.8 Å². The number of aryl methyl sites for hydroxylation is 2. The summed E-state index contributed by atoms with van der Waals surface area (Å²) in [6.07, 6.45) is 0. The fourth-order valence-electron chi connectivity index (χ4n) is 2.67. The lowest BCUT2D eigenvalue weighted by molar-refractivity contribution is -0.122. The summed E-state index contributed by atoms with van der Waals surface area (Å²) in [6, 6.07) is 5.43. The number of ether oxygens (including phenoxy) is 2. The molecule has 0 unspecified atom stereocenters. The van der Waals surface area contributed by atoms with Crippen LogP contribution < -0.4 is 20.3 Å². The third-order valence-corrected chi connectivity index (χ3v) is 4.21. The number of nitrogens with zero attached hydrogens (tertiary/aromatic N) is 5. The number of amides is 1. The topological polar surface area (TPSA) is 113 Å². The van der Waals surface area contributed by atoms with Gasteiger partial charge >= 0.3 is 0 Å². The first kappa shape index (κ1) is 16.1. The van der Waals surface area contributed by atoms with Crippen molar-refractivity contribution in [1.82, 2.24) is 30.1 Å². The van der Waals surface area contributed by atoms with E-state index < -0.39 is 5.56 Å². The van der Waals surface area contributed by atoms with Crippen molar-refractivity contribution in [2.75, 3.05) is 6.79 Å². The second-order valence-electron chi connectivity index (χ2n) is 5.92. The van der Waals surface area contributed by atoms with Crippen molar-refractivity contribution in [3.63, 3.8) is 0 Å². The molecule has 1 aromatic carbocycles. The van der Waals surface area contributed by atoms with Gasteiger partial charge in [-0.15, -0.1) is 5.10 Å². The summed E-state index contributed by atoms with van der Waals surface area (Å²) in [5.74, 6) is 0.974. The van der Waals surface area contributed by atoms with Gasteiger partial charge in [-0.2, -0.15) is 9.78 Å². The van der Waals surface area contributed by atoms with E-state index >= 15 is 0 Å². The molecule has 2 aromatic heterocycles. The van der Waals surface area contributed by atoms with Crippen LogP contribution in [0.25, 0.3) is 11.0 Å². The number of carbonyl (C=O) groups is 1. The molecule has 0 aliphatic carbocycles. The van der Waals surface area contributed by atoms with E-state index in [2.05, 4.69) is 20.7 Å². The molecular weight excluding hydrogens is 340 g/mol. The maximum Gasteiger partial charge on any atom is 0.298 e. The number of nitrogens with one attached hydrogen (secondary N) is 1. The van der Waals surface area contributed by atoms with Gasteiger partial charge in [0.05, 0.1) is 5.69 Å². The molecule has 10 heteroatoms. The van der Waals surface area contributed by atoms with E-state index in [0.717, 1.165) is 15.9 Å². The van der Waals surface area contributed by atoms with Gasteiger partial charge in [-0.05, 0) is 24.6 Å². The molecule has 134 valence electrons. The van der Waals surface area contributed by atoms with Crippen LogP contribution in [-0.2, 0) is 24.9 Å². The van der Waals surface area contributed by atoms with Crippen molar-refractivity contribution >= 4 is 16.9 Å². The summed E-state index contributed by atoms with van der Waals surface area (Å²) < 4.78 is 13.1. The zero-order valence-corrected chi connectivity index (χ0v) is 14.2. The van der Waals surface area contributed by atoms with Crippen molar-refractivity contribution in [2.45, 2.75) is 20.0 Å². The van der Waals surface area contributed by atoms with E-state index in [1.54, 1.807) is 30.8 Å². The van der Waals surface area contributed by atoms with E-state index in [4.69, 9.17) is 9.47 Å². The largest absolute Gasteiger partial charge is 0.454 e. The molecule has 1 aliphatic rings. The summed E-state index contributed by atoms with van der Waals surface area (Å²) in [6.45, 7) is 2.05. The van der Waals surface area contributed by atoms with Crippen LogP contribution in [0.5, 0.6) is 11.5 Å². The second kappa shape index (κ2) is 6.14. The van der Waals surface area contributed by atoms with Crippen LogP contribution in [0.2, 0.25) is 0 Å². The average Bonchev–Trinajstić information content (AvgIpc) is 3.21. The van der Waals surface area contributed by atoms with Crippen LogP contribution in [0.3, 0.4) is 0 Å². The molecule has 1 aliphatic heterocycles. The number of fused-ring (bicyclic) bond motifs is 2. The van der Waals surface area contributed by atoms with E-state index in [1.165, 1.54) is 0 Å². The lowest BCUT2D eigenvalue weighted by Gasteiger charge is -2.07. The maximum absolute atomic E-state index is 12.4. The van der Waals surface area contributed by atoms with Gasteiger partial charge in [-0.25, -0.2) is 0 Å². The Morgan fingerprint density at radius 3 is 2.92 bits per heavy atom. The first-order valence-corrected chi connectivity index (χ1v) is 7.95. The number of hydrogen-bond acceptors (Lipinski definition) is 7. The fraction of sp³-hybridized carbons (Fsp3) is 0.312. The molecule has 0 bridgehead atoms. The van der Waals surface area contributed by atoms with E-state index in [0.29, 0.717) is 23.6 Å². The highest BCUT2D eigenvalue weighted by Gasteiger charge is 2.16. The third kappa shape index (κ3) is 2.75. The molecule has 0 saturated heterocycles. The molecule has 0 atom stereocenters. The molecule has 0 fully saturated rings. The minimum Gasteiger partial charge on any atom is -0.454 e. The lowest BCUT2D eigenvalue weighted by Crippen LogP contribution is -2.34. The first-order valence-electron chi connectivity index (χ1n) is 7.95. The van der Waals surface area contributed by atoms with Crippen LogP contribution in [0, 0.1) is 6.92 Å². The molecule has 4 rings (SSSR count). The second-order valence-corrected chi connectivity index (χ2v) is 5.92. The average molecular weight is 356 g/mol. The quantitative estimate of drug-likeness (QED) is 0.693. The number of carbonyl (C=O) groups excluding carboxylic acids is 1. The van der Waals surface area contributed by atoms with Gasteiger partial charge in [0, 0.05) is 13.6 Å². The van der Waals surface area contributed by atoms with E-state index in [1.807, 2.05) is 6.07 Å². The Bertz CT molecular complexity index is 1070. The highest BCUT2D eigenvalue weighted by Crippen LogP contribution is 2.32. The standard InChI is InChI=1S/C16H16N6O4/c1-9-14-15(19-21(9)2)16(24)22(20-18-14)7-13(23)17-6-10-3-4-11-12(5-10)26-8-25-11/h3-5H,6-8H2,1-2H3,(H,17,23). The van der Waals surface area contributed by atoms with Gasteiger partial charge < -0.3 is 14.8 Å². The minimum atomic E-state index is -0.447. The number of aromatic nitrogens is 5. The maximum atomic E-state index is 12.4. The molecular formula is C16H16N6O4. The van der Waals surface area contributed by atoms with Crippen LogP contribution in [-0.4, -0.2) is 37.5 Å². The Morgan fingerprint density at radius 2 is 2.08 bits per heavy atom. The number of rotatable bonds is 4. The minimum absolute atomic E-state index is 0.197. The third-order valence-electron chi connectivity index (χ3n) is 4.21. The molecule has 3 aromatic rings. The Kier molecular flexibility index (Phi) is 3.79. The molecule has 1 N–H and O–H groups in total. The monoisotopic (exact) mass is 356 g/mol. The van der Waals surface area contributed by atoms with Crippen LogP contribution in [0.4, 0.5) is 0 Å². The van der Waals surface area contributed by atoms with Gasteiger partial charge in [-0.1, -0.05) is 11.3 Å². The molecule has 0 spiro atoms. The Hall–Kier alpha value is -3.43. The predicted octanol–water partition coefficient (Wildman–Crippen LogP) is -0.121. The predicted molar refractivity (Wildman–Crippen MR) is 89.7 cm³/mol.